The molecule has 3 heterocycles. The summed E-state index contributed by atoms with van der Waals surface area (Å²) in [6.45, 7) is 0. The Balaban J connectivity index is 1.89. The molecule has 0 fully saturated rings. The molecule has 7 nitrogen and oxygen atoms in total. The van der Waals surface area contributed by atoms with Crippen LogP contribution >= 0.6 is 15.9 Å². The van der Waals surface area contributed by atoms with E-state index in [1.807, 2.05) is 30.3 Å². The van der Waals surface area contributed by atoms with Gasteiger partial charge in [0.15, 0.2) is 5.82 Å². The highest BCUT2D eigenvalue weighted by molar-refractivity contribution is 9.10. The molecule has 3 aromatic heterocycles. The van der Waals surface area contributed by atoms with E-state index in [0.717, 1.165) is 21.6 Å². The Morgan fingerprint density at radius 3 is 2.88 bits per heavy atom. The second-order valence-electron chi connectivity index (χ2n) is 4.98. The summed E-state index contributed by atoms with van der Waals surface area (Å²) in [5.74, 6) is 0.907. The molecule has 0 aromatic carbocycles. The first-order valence-electron chi connectivity index (χ1n) is 7.45. The summed E-state index contributed by atoms with van der Waals surface area (Å²) in [5, 5.41) is 4.50. The van der Waals surface area contributed by atoms with Crippen molar-refractivity contribution in [2.24, 2.45) is 5.10 Å². The molecular weight excluding hydrogens is 384 g/mol. The second-order valence-corrected chi connectivity index (χ2v) is 5.79. The molecule has 0 unspecified atom stereocenters. The summed E-state index contributed by atoms with van der Waals surface area (Å²) < 4.78 is 5.81. The third kappa shape index (κ3) is 4.80. The van der Waals surface area contributed by atoms with Crippen LogP contribution in [0, 0.1) is 0 Å². The minimum atomic E-state index is 0.415. The average Bonchev–Trinajstić information content (AvgIpc) is 2.66. The Kier molecular flexibility index (Phi) is 5.63. The summed E-state index contributed by atoms with van der Waals surface area (Å²) in [6, 6.07) is 9.58. The normalized spacial score (nSPS) is 11.2. The third-order valence-electron chi connectivity index (χ3n) is 3.26. The van der Waals surface area contributed by atoms with Gasteiger partial charge in [0.25, 0.3) is 0 Å². The zero-order chi connectivity index (χ0) is 17.5. The minimum Gasteiger partial charge on any atom is -0.480 e. The van der Waals surface area contributed by atoms with Gasteiger partial charge < -0.3 is 4.74 Å². The molecule has 25 heavy (non-hydrogen) atoms. The number of aromatic nitrogens is 4. The number of hydrogen-bond donors (Lipinski definition) is 1. The molecule has 0 amide bonds. The maximum Gasteiger partial charge on any atom is 0.234 e. The molecule has 0 aliphatic carbocycles. The number of anilines is 1. The van der Waals surface area contributed by atoms with Crippen LogP contribution in [-0.2, 0) is 6.42 Å². The maximum absolute atomic E-state index is 5.07. The predicted molar refractivity (Wildman–Crippen MR) is 98.6 cm³/mol. The smallest absolute Gasteiger partial charge is 0.234 e. The van der Waals surface area contributed by atoms with E-state index in [1.165, 1.54) is 13.3 Å². The number of nitrogens with one attached hydrogen (secondary N) is 1. The van der Waals surface area contributed by atoms with Gasteiger partial charge in [0.05, 0.1) is 25.2 Å². The van der Waals surface area contributed by atoms with Crippen molar-refractivity contribution in [3.63, 3.8) is 0 Å². The van der Waals surface area contributed by atoms with Crippen LogP contribution < -0.4 is 10.2 Å². The highest BCUT2D eigenvalue weighted by atomic mass is 79.9. The van der Waals surface area contributed by atoms with E-state index in [0.29, 0.717) is 18.1 Å². The first-order chi connectivity index (χ1) is 12.2. The van der Waals surface area contributed by atoms with Crippen LogP contribution in [0.1, 0.15) is 11.3 Å². The summed E-state index contributed by atoms with van der Waals surface area (Å²) in [5.41, 5.74) is 5.56. The lowest BCUT2D eigenvalue weighted by molar-refractivity contribution is 0.396. The number of ether oxygens (including phenoxy) is 1. The highest BCUT2D eigenvalue weighted by Gasteiger charge is 2.08. The van der Waals surface area contributed by atoms with Gasteiger partial charge >= 0.3 is 0 Å². The fourth-order valence-corrected chi connectivity index (χ4v) is 2.45. The van der Waals surface area contributed by atoms with Gasteiger partial charge in [-0.25, -0.2) is 4.98 Å². The third-order valence-corrected chi connectivity index (χ3v) is 3.70. The van der Waals surface area contributed by atoms with Gasteiger partial charge in [0, 0.05) is 30.1 Å². The maximum atomic E-state index is 5.07. The van der Waals surface area contributed by atoms with Gasteiger partial charge in [-0.15, -0.1) is 0 Å². The Morgan fingerprint density at radius 2 is 2.12 bits per heavy atom. The summed E-state index contributed by atoms with van der Waals surface area (Å²) in [7, 11) is 1.54. The number of pyridine rings is 2. The summed E-state index contributed by atoms with van der Waals surface area (Å²) in [4.78, 5) is 16.8. The number of nitrogens with zero attached hydrogens (tertiary/aromatic N) is 5. The Hall–Kier alpha value is -2.87. The lowest BCUT2D eigenvalue weighted by Gasteiger charge is -2.08. The number of methoxy groups -OCH3 is 1. The SMILES string of the molecule is COc1cncc(NN=C(Cc2ccccn2)c2ccnc(Br)c2)n1. The van der Waals surface area contributed by atoms with E-state index < -0.39 is 0 Å². The van der Waals surface area contributed by atoms with Crippen LogP contribution in [0.4, 0.5) is 5.82 Å². The molecule has 3 rings (SSSR count). The molecule has 0 atom stereocenters. The van der Waals surface area contributed by atoms with E-state index >= 15 is 0 Å². The molecular formula is C17H15BrN6O. The van der Waals surface area contributed by atoms with Crippen LogP contribution in [0.5, 0.6) is 5.88 Å². The van der Waals surface area contributed by atoms with Gasteiger partial charge in [-0.1, -0.05) is 6.07 Å². The van der Waals surface area contributed by atoms with Crippen LogP contribution in [-0.4, -0.2) is 32.8 Å². The monoisotopic (exact) mass is 398 g/mol. The molecule has 0 saturated heterocycles. The standard InChI is InChI=1S/C17H15BrN6O/c1-25-17-11-19-10-16(22-17)24-23-14(9-13-4-2-3-6-20-13)12-5-7-21-15(18)8-12/h2-8,10-11H,9H2,1H3,(H,22,24). The zero-order valence-corrected chi connectivity index (χ0v) is 15.0. The van der Waals surface area contributed by atoms with E-state index in [2.05, 4.69) is 46.4 Å². The molecule has 0 saturated carbocycles. The molecule has 0 radical (unpaired) electrons. The molecule has 0 bridgehead atoms. The van der Waals surface area contributed by atoms with Gasteiger partial charge in [0.1, 0.15) is 4.60 Å². The molecule has 0 spiro atoms. The lowest BCUT2D eigenvalue weighted by Crippen LogP contribution is -2.10. The van der Waals surface area contributed by atoms with Crippen molar-refractivity contribution in [3.8, 4) is 5.88 Å². The van der Waals surface area contributed by atoms with Crippen molar-refractivity contribution in [1.82, 2.24) is 19.9 Å². The van der Waals surface area contributed by atoms with Gasteiger partial charge in [-0.3, -0.25) is 15.4 Å². The number of rotatable bonds is 6. The van der Waals surface area contributed by atoms with E-state index in [4.69, 9.17) is 4.74 Å². The van der Waals surface area contributed by atoms with Crippen LogP contribution in [0.15, 0.2) is 64.8 Å². The highest BCUT2D eigenvalue weighted by Crippen LogP contribution is 2.13. The predicted octanol–water partition coefficient (Wildman–Crippen LogP) is 3.10. The van der Waals surface area contributed by atoms with Gasteiger partial charge in [0.2, 0.25) is 5.88 Å². The first kappa shape index (κ1) is 17.0. The zero-order valence-electron chi connectivity index (χ0n) is 13.4. The Bertz CT molecular complexity index is 872. The van der Waals surface area contributed by atoms with Gasteiger partial charge in [-0.2, -0.15) is 10.1 Å². The van der Waals surface area contributed by atoms with Crippen molar-refractivity contribution in [3.05, 3.63) is 71.0 Å². The fraction of sp³-hybridized carbons (Fsp3) is 0.118. The van der Waals surface area contributed by atoms with Crippen molar-refractivity contribution >= 4 is 27.5 Å². The van der Waals surface area contributed by atoms with Crippen molar-refractivity contribution < 1.29 is 4.74 Å². The topological polar surface area (TPSA) is 85.2 Å². The molecule has 3 aromatic rings. The molecule has 0 aliphatic rings. The van der Waals surface area contributed by atoms with Crippen molar-refractivity contribution in [2.45, 2.75) is 6.42 Å². The quantitative estimate of drug-likeness (QED) is 0.390. The molecule has 0 aliphatic heterocycles. The molecule has 126 valence electrons. The summed E-state index contributed by atoms with van der Waals surface area (Å²) >= 11 is 3.39. The first-order valence-corrected chi connectivity index (χ1v) is 8.24. The van der Waals surface area contributed by atoms with Crippen molar-refractivity contribution in [2.75, 3.05) is 12.5 Å². The largest absolute Gasteiger partial charge is 0.480 e. The number of halogens is 1. The average molecular weight is 399 g/mol. The second kappa shape index (κ2) is 8.29. The van der Waals surface area contributed by atoms with Crippen LogP contribution in [0.25, 0.3) is 0 Å². The molecule has 1 N–H and O–H groups in total. The minimum absolute atomic E-state index is 0.415. The van der Waals surface area contributed by atoms with Crippen LogP contribution in [0.2, 0.25) is 0 Å². The van der Waals surface area contributed by atoms with E-state index in [9.17, 15) is 0 Å². The van der Waals surface area contributed by atoms with Crippen LogP contribution in [0.3, 0.4) is 0 Å². The van der Waals surface area contributed by atoms with E-state index in [-0.39, 0.29) is 0 Å². The molecule has 8 heteroatoms. The lowest BCUT2D eigenvalue weighted by atomic mass is 10.1. The Morgan fingerprint density at radius 1 is 1.20 bits per heavy atom. The number of hydrazone groups is 1. The van der Waals surface area contributed by atoms with Gasteiger partial charge in [-0.05, 0) is 40.2 Å². The number of hydrogen-bond acceptors (Lipinski definition) is 7. The fourth-order valence-electron chi connectivity index (χ4n) is 2.09. The van der Waals surface area contributed by atoms with E-state index in [1.54, 1.807) is 18.6 Å². The Labute approximate surface area is 153 Å². The summed E-state index contributed by atoms with van der Waals surface area (Å²) in [6.07, 6.45) is 7.15. The van der Waals surface area contributed by atoms with Crippen molar-refractivity contribution in [1.29, 1.82) is 0 Å².